The number of halogens is 2. The lowest BCUT2D eigenvalue weighted by Gasteiger charge is -2.38. The van der Waals surface area contributed by atoms with Crippen LogP contribution in [0.5, 0.6) is 11.8 Å². The zero-order valence-electron chi connectivity index (χ0n) is 37.6. The molecule has 2 unspecified atom stereocenters. The number of aromatic nitrogens is 4. The third-order valence-corrected chi connectivity index (χ3v) is 20.9. The van der Waals surface area contributed by atoms with Gasteiger partial charge in [0.25, 0.3) is 0 Å². The van der Waals surface area contributed by atoms with Crippen molar-refractivity contribution in [2.75, 3.05) is 45.0 Å². The zero-order chi connectivity index (χ0) is 44.1. The summed E-state index contributed by atoms with van der Waals surface area (Å²) in [5.74, 6) is 3.52. The quantitative estimate of drug-likeness (QED) is 0.0557. The second-order valence-electron chi connectivity index (χ2n) is 19.2. The minimum Gasteiger partial charge on any atom is -0.468 e. The first-order valence-corrected chi connectivity index (χ1v) is 24.9. The smallest absolute Gasteiger partial charge is 0.320 e. The number of nitrogens with zero attached hydrogens (tertiary/aromatic N) is 7. The molecule has 14 heteroatoms. The molecule has 4 aromatic rings. The number of anilines is 1. The molecule has 4 atom stereocenters. The standard InChI is InChI=1S/C48H61F2N7O4Si/c1-29(2)62(30(3)4,31(5)6)20-16-38-40(50)14-13-34-22-37(61-28-59-8)23-39(41(34)38)43(58)46-52-44-42(57(46)36-11-9-12-36)45(56-19-15-33(25-51)21-32(56)7)54-47(53-44)60-27-48-17-10-18-55(48)26-35(49)24-48/h13-14,22-23,29-33,35-36H,9-12,15,17-19,21,24,26-28H2,1-8H3/t32?,33?,35-,48+/m1/s1. The number of hydrogen-bond acceptors (Lipinski definition) is 10. The van der Waals surface area contributed by atoms with E-state index in [1.54, 1.807) is 18.2 Å². The number of piperidine rings is 1. The molecule has 5 heterocycles. The van der Waals surface area contributed by atoms with E-state index in [1.807, 2.05) is 4.57 Å². The van der Waals surface area contributed by atoms with Crippen LogP contribution < -0.4 is 14.4 Å². The highest BCUT2D eigenvalue weighted by molar-refractivity contribution is 6.90. The molecule has 2 aromatic carbocycles. The summed E-state index contributed by atoms with van der Waals surface area (Å²) in [7, 11) is -0.782. The van der Waals surface area contributed by atoms with Crippen molar-refractivity contribution in [3.8, 4) is 29.3 Å². The normalized spacial score (nSPS) is 23.2. The van der Waals surface area contributed by atoms with Crippen LogP contribution in [0.3, 0.4) is 0 Å². The summed E-state index contributed by atoms with van der Waals surface area (Å²) in [6.45, 7) is 17.4. The molecule has 0 spiro atoms. The molecule has 0 amide bonds. The van der Waals surface area contributed by atoms with Gasteiger partial charge in [-0.05, 0) is 98.6 Å². The van der Waals surface area contributed by atoms with Crippen LogP contribution in [-0.2, 0) is 4.74 Å². The average Bonchev–Trinajstić information content (AvgIpc) is 3.88. The number of carbonyl (C=O) groups excluding carboxylic acids is 1. The predicted molar refractivity (Wildman–Crippen MR) is 240 cm³/mol. The van der Waals surface area contributed by atoms with Crippen LogP contribution in [-0.4, -0.2) is 96.2 Å². The first kappa shape index (κ1) is 44.0. The molecule has 3 aliphatic heterocycles. The van der Waals surface area contributed by atoms with Gasteiger partial charge in [-0.2, -0.15) is 15.2 Å². The summed E-state index contributed by atoms with van der Waals surface area (Å²) in [5.41, 5.74) is 5.58. The van der Waals surface area contributed by atoms with Gasteiger partial charge in [0.1, 0.15) is 37.9 Å². The molecule has 4 aliphatic rings. The predicted octanol–water partition coefficient (Wildman–Crippen LogP) is 9.71. The highest BCUT2D eigenvalue weighted by atomic mass is 28.3. The van der Waals surface area contributed by atoms with Crippen LogP contribution in [0, 0.1) is 34.5 Å². The van der Waals surface area contributed by atoms with Crippen molar-refractivity contribution in [1.29, 1.82) is 5.26 Å². The highest BCUT2D eigenvalue weighted by Gasteiger charge is 2.49. The number of hydrogen-bond donors (Lipinski definition) is 0. The Morgan fingerprint density at radius 3 is 2.44 bits per heavy atom. The van der Waals surface area contributed by atoms with Crippen LogP contribution >= 0.6 is 0 Å². The second kappa shape index (κ2) is 17.5. The molecule has 3 saturated heterocycles. The Morgan fingerprint density at radius 1 is 1.02 bits per heavy atom. The number of rotatable bonds is 13. The highest BCUT2D eigenvalue weighted by Crippen LogP contribution is 2.44. The molecule has 11 nitrogen and oxygen atoms in total. The fourth-order valence-corrected chi connectivity index (χ4v) is 16.5. The van der Waals surface area contributed by atoms with Crippen molar-refractivity contribution in [1.82, 2.24) is 24.4 Å². The lowest BCUT2D eigenvalue weighted by atomic mass is 9.91. The third-order valence-electron chi connectivity index (χ3n) is 14.6. The third kappa shape index (κ3) is 7.74. The Morgan fingerprint density at radius 2 is 1.77 bits per heavy atom. The molecular formula is C48H61F2N7O4Si. The van der Waals surface area contributed by atoms with Gasteiger partial charge in [0.05, 0.1) is 17.2 Å². The van der Waals surface area contributed by atoms with Gasteiger partial charge >= 0.3 is 6.01 Å². The Bertz CT molecular complexity index is 2430. The summed E-state index contributed by atoms with van der Waals surface area (Å²) in [6, 6.07) is 9.00. The van der Waals surface area contributed by atoms with E-state index in [9.17, 15) is 9.65 Å². The Kier molecular flexibility index (Phi) is 12.4. The van der Waals surface area contributed by atoms with E-state index in [4.69, 9.17) is 29.2 Å². The van der Waals surface area contributed by atoms with E-state index in [1.165, 1.54) is 13.2 Å². The van der Waals surface area contributed by atoms with Gasteiger partial charge in [-0.25, -0.2) is 13.8 Å². The minimum absolute atomic E-state index is 0.0462. The molecule has 2 aromatic heterocycles. The molecule has 62 heavy (non-hydrogen) atoms. The van der Waals surface area contributed by atoms with Gasteiger partial charge in [-0.15, -0.1) is 5.54 Å². The van der Waals surface area contributed by atoms with Crippen LogP contribution in [0.2, 0.25) is 16.6 Å². The Hall–Kier alpha value is -4.63. The second-order valence-corrected chi connectivity index (χ2v) is 24.7. The van der Waals surface area contributed by atoms with Gasteiger partial charge in [0.15, 0.2) is 24.1 Å². The molecule has 0 N–H and O–H groups in total. The molecular weight excluding hydrogens is 805 g/mol. The maximum absolute atomic E-state index is 16.4. The van der Waals surface area contributed by atoms with Crippen molar-refractivity contribution >= 4 is 41.6 Å². The van der Waals surface area contributed by atoms with E-state index in [0.717, 1.165) is 38.6 Å². The zero-order valence-corrected chi connectivity index (χ0v) is 38.6. The van der Waals surface area contributed by atoms with Gasteiger partial charge in [0, 0.05) is 55.6 Å². The lowest BCUT2D eigenvalue weighted by molar-refractivity contribution is 0.0511. The molecule has 1 aliphatic carbocycles. The maximum atomic E-state index is 16.4. The number of ether oxygens (including phenoxy) is 3. The van der Waals surface area contributed by atoms with E-state index in [0.29, 0.717) is 82.5 Å². The number of benzene rings is 2. The van der Waals surface area contributed by atoms with Crippen LogP contribution in [0.15, 0.2) is 24.3 Å². The Labute approximate surface area is 365 Å². The molecule has 330 valence electrons. The monoisotopic (exact) mass is 865 g/mol. The van der Waals surface area contributed by atoms with Crippen molar-refractivity contribution in [2.45, 2.75) is 140 Å². The van der Waals surface area contributed by atoms with Crippen LogP contribution in [0.25, 0.3) is 21.9 Å². The van der Waals surface area contributed by atoms with Crippen molar-refractivity contribution in [3.63, 3.8) is 0 Å². The van der Waals surface area contributed by atoms with E-state index in [2.05, 4.69) is 75.8 Å². The first-order chi connectivity index (χ1) is 29.7. The summed E-state index contributed by atoms with van der Waals surface area (Å²) < 4.78 is 50.9. The number of fused-ring (bicyclic) bond motifs is 3. The average molecular weight is 866 g/mol. The number of imidazole rings is 1. The molecule has 0 radical (unpaired) electrons. The molecule has 0 bridgehead atoms. The molecule has 8 rings (SSSR count). The van der Waals surface area contributed by atoms with Crippen LogP contribution in [0.4, 0.5) is 14.6 Å². The SMILES string of the molecule is COCOc1cc(C(=O)c2nc3nc(OC[C@@]45CCCN4C[C@H](F)C5)nc(N4CCC(C#N)CC4C)c3n2C2CCC2)c2c(C#C[Si](C(C)C)(C(C)C)C(C)C)c(F)ccc2c1. The van der Waals surface area contributed by atoms with Crippen molar-refractivity contribution < 1.29 is 27.8 Å². The number of ketones is 1. The number of nitriles is 1. The largest absolute Gasteiger partial charge is 0.468 e. The van der Waals surface area contributed by atoms with E-state index < -0.39 is 31.4 Å². The topological polar surface area (TPSA) is 119 Å². The van der Waals surface area contributed by atoms with Crippen molar-refractivity contribution in [2.24, 2.45) is 5.92 Å². The first-order valence-electron chi connectivity index (χ1n) is 22.6. The lowest BCUT2D eigenvalue weighted by Crippen LogP contribution is -2.44. The van der Waals surface area contributed by atoms with Gasteiger partial charge in [-0.1, -0.05) is 53.5 Å². The summed E-state index contributed by atoms with van der Waals surface area (Å²) in [5, 5.41) is 10.9. The number of carbonyl (C=O) groups is 1. The number of methoxy groups -OCH3 is 1. The van der Waals surface area contributed by atoms with Gasteiger partial charge in [0.2, 0.25) is 5.78 Å². The molecule has 4 fully saturated rings. The minimum atomic E-state index is -2.31. The van der Waals surface area contributed by atoms with Gasteiger partial charge in [-0.3, -0.25) is 9.69 Å². The fourth-order valence-electron chi connectivity index (χ4n) is 11.3. The summed E-state index contributed by atoms with van der Waals surface area (Å²) in [4.78, 5) is 35.0. The summed E-state index contributed by atoms with van der Waals surface area (Å²) in [6.07, 6.45) is 5.25. The van der Waals surface area contributed by atoms with Crippen molar-refractivity contribution in [3.05, 3.63) is 47.0 Å². The van der Waals surface area contributed by atoms with E-state index in [-0.39, 0.29) is 54.4 Å². The molecule has 1 saturated carbocycles. The van der Waals surface area contributed by atoms with Crippen LogP contribution in [0.1, 0.15) is 128 Å². The number of alkyl halides is 1. The summed E-state index contributed by atoms with van der Waals surface area (Å²) >= 11 is 0. The fraction of sp³-hybridized carbons (Fsp3) is 0.604. The maximum Gasteiger partial charge on any atom is 0.320 e. The Balaban J connectivity index is 1.32. The van der Waals surface area contributed by atoms with Gasteiger partial charge < -0.3 is 23.7 Å². The van der Waals surface area contributed by atoms with E-state index >= 15 is 9.18 Å².